The first-order valence-electron chi connectivity index (χ1n) is 2.77. The Morgan fingerprint density at radius 3 is 2.62 bits per heavy atom. The van der Waals surface area contributed by atoms with Crippen molar-refractivity contribution < 1.29 is 24.6 Å². The van der Waals surface area contributed by atoms with Gasteiger partial charge in [0.2, 0.25) is 0 Å². The monoisotopic (exact) mass is 165 g/mol. The van der Waals surface area contributed by atoms with Crippen molar-refractivity contribution in [2.24, 2.45) is 0 Å². The minimum Gasteiger partial charge on any atom is -0.395 e. The summed E-state index contributed by atoms with van der Waals surface area (Å²) in [6.45, 7) is 1.39. The van der Waals surface area contributed by atoms with E-state index in [1.165, 1.54) is 6.42 Å². The molecule has 1 aliphatic heterocycles. The van der Waals surface area contributed by atoms with Crippen LogP contribution in [0.4, 0.5) is 0 Å². The zero-order chi connectivity index (χ0) is 5.11. The molecule has 0 spiro atoms. The Hall–Kier alpha value is 0.543. The van der Waals surface area contributed by atoms with Gasteiger partial charge in [-0.1, -0.05) is 0 Å². The molecule has 1 atom stereocenters. The summed E-state index contributed by atoms with van der Waals surface area (Å²) in [6, 6.07) is 0.403. The number of rotatable bonds is 1. The first-order chi connectivity index (χ1) is 3.43. The van der Waals surface area contributed by atoms with Crippen LogP contribution >= 0.6 is 0 Å². The summed E-state index contributed by atoms with van der Waals surface area (Å²) in [7, 11) is 0. The average molecular weight is 167 g/mol. The van der Waals surface area contributed by atoms with Crippen LogP contribution < -0.4 is 5.32 Å². The maximum atomic E-state index is 8.50. The van der Waals surface area contributed by atoms with Crippen molar-refractivity contribution in [2.45, 2.75) is 18.9 Å². The third-order valence-electron chi connectivity index (χ3n) is 1.38. The minimum absolute atomic E-state index is 0. The molecule has 0 unspecified atom stereocenters. The van der Waals surface area contributed by atoms with Gasteiger partial charge in [-0.3, -0.25) is 0 Å². The number of aliphatic hydroxyl groups is 1. The quantitative estimate of drug-likeness (QED) is 0.526. The van der Waals surface area contributed by atoms with Crippen LogP contribution in [0.2, 0.25) is 0 Å². The van der Waals surface area contributed by atoms with Gasteiger partial charge in [-0.25, -0.2) is 0 Å². The molecule has 0 aromatic carbocycles. The van der Waals surface area contributed by atoms with Gasteiger partial charge in [-0.15, -0.1) is 0 Å². The SMILES string of the molecule is OC[C@@H]1CCCN1.[Zn]. The van der Waals surface area contributed by atoms with Crippen molar-refractivity contribution in [3.8, 4) is 0 Å². The Kier molecular flexibility index (Phi) is 4.73. The predicted octanol–water partition coefficient (Wildman–Crippen LogP) is -0.272. The predicted molar refractivity (Wildman–Crippen MR) is 28.1 cm³/mol. The summed E-state index contributed by atoms with van der Waals surface area (Å²) < 4.78 is 0. The molecular formula is C5H11NOZn. The molecule has 0 amide bonds. The van der Waals surface area contributed by atoms with Gasteiger partial charge in [-0.2, -0.15) is 0 Å². The minimum atomic E-state index is 0. The Bertz CT molecular complexity index is 54.4. The summed E-state index contributed by atoms with van der Waals surface area (Å²) in [5, 5.41) is 11.7. The summed E-state index contributed by atoms with van der Waals surface area (Å²) in [6.07, 6.45) is 2.38. The van der Waals surface area contributed by atoms with E-state index in [9.17, 15) is 0 Å². The Labute approximate surface area is 62.4 Å². The van der Waals surface area contributed by atoms with Gasteiger partial charge in [0.15, 0.2) is 0 Å². The van der Waals surface area contributed by atoms with Crippen molar-refractivity contribution in [1.82, 2.24) is 5.32 Å². The van der Waals surface area contributed by atoms with E-state index in [2.05, 4.69) is 5.32 Å². The van der Waals surface area contributed by atoms with Gasteiger partial charge in [0.25, 0.3) is 0 Å². The van der Waals surface area contributed by atoms with Crippen LogP contribution in [-0.4, -0.2) is 24.3 Å². The molecule has 0 saturated carbocycles. The number of hydrogen-bond acceptors (Lipinski definition) is 2. The van der Waals surface area contributed by atoms with Gasteiger partial charge in [0.05, 0.1) is 6.61 Å². The van der Waals surface area contributed by atoms with E-state index in [1.807, 2.05) is 0 Å². The van der Waals surface area contributed by atoms with Gasteiger partial charge in [0.1, 0.15) is 0 Å². The topological polar surface area (TPSA) is 32.3 Å². The fraction of sp³-hybridized carbons (Fsp3) is 1.00. The molecule has 8 heavy (non-hydrogen) atoms. The van der Waals surface area contributed by atoms with Crippen LogP contribution in [0.3, 0.4) is 0 Å². The van der Waals surface area contributed by atoms with Crippen LogP contribution in [0.15, 0.2) is 0 Å². The van der Waals surface area contributed by atoms with E-state index in [1.54, 1.807) is 0 Å². The summed E-state index contributed by atoms with van der Waals surface area (Å²) >= 11 is 0. The molecule has 1 heterocycles. The molecule has 0 aromatic heterocycles. The molecule has 1 rings (SSSR count). The number of hydrogen-bond donors (Lipinski definition) is 2. The molecular weight excluding hydrogens is 155 g/mol. The summed E-state index contributed by atoms with van der Waals surface area (Å²) in [5.41, 5.74) is 0. The smallest absolute Gasteiger partial charge is 0.0584 e. The third-order valence-corrected chi connectivity index (χ3v) is 1.38. The van der Waals surface area contributed by atoms with Crippen LogP contribution in [-0.2, 0) is 19.5 Å². The number of aliphatic hydroxyl groups excluding tert-OH is 1. The first kappa shape index (κ1) is 8.54. The Balaban J connectivity index is 0.000000490. The molecule has 1 aliphatic rings. The van der Waals surface area contributed by atoms with Crippen LogP contribution in [0.25, 0.3) is 0 Å². The fourth-order valence-electron chi connectivity index (χ4n) is 0.913. The van der Waals surface area contributed by atoms with Crippen molar-refractivity contribution in [1.29, 1.82) is 0 Å². The van der Waals surface area contributed by atoms with E-state index in [0.29, 0.717) is 12.6 Å². The third kappa shape index (κ3) is 2.21. The fourth-order valence-corrected chi connectivity index (χ4v) is 0.913. The molecule has 2 nitrogen and oxygen atoms in total. The second kappa shape index (κ2) is 4.42. The zero-order valence-corrected chi connectivity index (χ0v) is 8.03. The zero-order valence-electron chi connectivity index (χ0n) is 5.06. The van der Waals surface area contributed by atoms with Crippen molar-refractivity contribution in [3.05, 3.63) is 0 Å². The van der Waals surface area contributed by atoms with Crippen molar-refractivity contribution >= 4 is 0 Å². The van der Waals surface area contributed by atoms with Crippen LogP contribution in [0.1, 0.15) is 12.8 Å². The van der Waals surface area contributed by atoms with E-state index >= 15 is 0 Å². The van der Waals surface area contributed by atoms with E-state index < -0.39 is 0 Å². The molecule has 44 valence electrons. The second-order valence-electron chi connectivity index (χ2n) is 1.98. The van der Waals surface area contributed by atoms with Gasteiger partial charge in [0, 0.05) is 25.5 Å². The maximum absolute atomic E-state index is 8.50. The van der Waals surface area contributed by atoms with E-state index in [4.69, 9.17) is 5.11 Å². The number of nitrogens with one attached hydrogen (secondary N) is 1. The summed E-state index contributed by atoms with van der Waals surface area (Å²) in [4.78, 5) is 0. The molecule has 1 fully saturated rings. The molecule has 0 aliphatic carbocycles. The van der Waals surface area contributed by atoms with Gasteiger partial charge in [-0.05, 0) is 19.4 Å². The molecule has 2 N–H and O–H groups in total. The molecule has 3 heteroatoms. The largest absolute Gasteiger partial charge is 0.395 e. The van der Waals surface area contributed by atoms with E-state index in [-0.39, 0.29) is 19.5 Å². The normalized spacial score (nSPS) is 27.4. The Morgan fingerprint density at radius 1 is 1.62 bits per heavy atom. The second-order valence-corrected chi connectivity index (χ2v) is 1.98. The summed E-state index contributed by atoms with van der Waals surface area (Å²) in [5.74, 6) is 0. The molecule has 0 bridgehead atoms. The molecule has 1 saturated heterocycles. The molecule has 0 aromatic rings. The van der Waals surface area contributed by atoms with Crippen LogP contribution in [0, 0.1) is 0 Å². The Morgan fingerprint density at radius 2 is 2.38 bits per heavy atom. The molecule has 0 radical (unpaired) electrons. The van der Waals surface area contributed by atoms with Crippen LogP contribution in [0.5, 0.6) is 0 Å². The standard InChI is InChI=1S/C5H11NO.Zn/c7-4-5-2-1-3-6-5;/h5-7H,1-4H2;/t5-;/m0./s1. The van der Waals surface area contributed by atoms with E-state index in [0.717, 1.165) is 13.0 Å². The van der Waals surface area contributed by atoms with Crippen molar-refractivity contribution in [2.75, 3.05) is 13.2 Å². The van der Waals surface area contributed by atoms with Crippen molar-refractivity contribution in [3.63, 3.8) is 0 Å². The maximum Gasteiger partial charge on any atom is 0.0584 e. The average Bonchev–Trinajstić information content (AvgIpc) is 2.14. The first-order valence-corrected chi connectivity index (χ1v) is 2.77. The van der Waals surface area contributed by atoms with Gasteiger partial charge >= 0.3 is 0 Å². The van der Waals surface area contributed by atoms with Gasteiger partial charge < -0.3 is 10.4 Å².